The van der Waals surface area contributed by atoms with E-state index in [-0.39, 0.29) is 11.7 Å². The summed E-state index contributed by atoms with van der Waals surface area (Å²) < 4.78 is 28.3. The van der Waals surface area contributed by atoms with Crippen LogP contribution in [0.15, 0.2) is 66.0 Å². The summed E-state index contributed by atoms with van der Waals surface area (Å²) in [6.07, 6.45) is 6.47. The first-order valence-corrected chi connectivity index (χ1v) is 12.5. The largest absolute Gasteiger partial charge is 0.338 e. The Balaban J connectivity index is 1.51. The van der Waals surface area contributed by atoms with E-state index in [1.54, 1.807) is 59.7 Å². The maximum atomic E-state index is 14.2. The Bertz CT molecular complexity index is 1400. The van der Waals surface area contributed by atoms with Crippen molar-refractivity contribution in [2.75, 3.05) is 32.9 Å². The van der Waals surface area contributed by atoms with Gasteiger partial charge in [-0.1, -0.05) is 24.3 Å². The van der Waals surface area contributed by atoms with Gasteiger partial charge in [-0.25, -0.2) is 14.4 Å². The number of likely N-dealkylation sites (tertiary alicyclic amines) is 1. The van der Waals surface area contributed by atoms with Crippen molar-refractivity contribution in [2.45, 2.75) is 4.90 Å². The smallest absolute Gasteiger partial charge is 0.253 e. The second-order valence-electron chi connectivity index (χ2n) is 8.43. The predicted molar refractivity (Wildman–Crippen MR) is 130 cm³/mol. The molecule has 174 valence electrons. The van der Waals surface area contributed by atoms with E-state index in [2.05, 4.69) is 15.3 Å². The number of hydrogen-bond acceptors (Lipinski definition) is 5. The van der Waals surface area contributed by atoms with Crippen molar-refractivity contribution >= 4 is 27.6 Å². The molecule has 34 heavy (non-hydrogen) atoms. The van der Waals surface area contributed by atoms with Crippen LogP contribution in [0, 0.1) is 11.7 Å². The molecule has 7 nitrogen and oxygen atoms in total. The number of benzene rings is 2. The molecule has 0 bridgehead atoms. The second kappa shape index (κ2) is 9.08. The molecule has 1 unspecified atom stereocenters. The highest BCUT2D eigenvalue weighted by atomic mass is 32.2. The molecule has 9 heteroatoms. The Labute approximate surface area is 199 Å². The van der Waals surface area contributed by atoms with Crippen LogP contribution >= 0.6 is 0 Å². The van der Waals surface area contributed by atoms with Crippen LogP contribution in [0.4, 0.5) is 4.39 Å². The lowest BCUT2D eigenvalue weighted by atomic mass is 9.98. The highest BCUT2D eigenvalue weighted by Gasteiger charge is 2.31. The Hall–Kier alpha value is -3.43. The van der Waals surface area contributed by atoms with Gasteiger partial charge in [0.25, 0.3) is 5.91 Å². The molecule has 2 aromatic heterocycles. The zero-order valence-corrected chi connectivity index (χ0v) is 19.7. The molecule has 2 aromatic carbocycles. The van der Waals surface area contributed by atoms with E-state index < -0.39 is 10.8 Å². The third-order valence-electron chi connectivity index (χ3n) is 6.10. The van der Waals surface area contributed by atoms with Crippen molar-refractivity contribution in [1.29, 1.82) is 0 Å². The Morgan fingerprint density at radius 2 is 1.91 bits per heavy atom. The van der Waals surface area contributed by atoms with Gasteiger partial charge in [-0.3, -0.25) is 13.6 Å². The average molecular weight is 478 g/mol. The molecule has 1 N–H and O–H groups in total. The summed E-state index contributed by atoms with van der Waals surface area (Å²) in [6.45, 7) is 2.34. The molecule has 1 fully saturated rings. The number of nitrogens with zero attached hydrogens (tertiary/aromatic N) is 4. The fraction of sp³-hybridized carbons (Fsp3) is 0.240. The van der Waals surface area contributed by atoms with Crippen molar-refractivity contribution in [3.8, 4) is 17.1 Å². The number of halogens is 1. The number of aromatic nitrogens is 3. The van der Waals surface area contributed by atoms with Crippen LogP contribution in [-0.2, 0) is 10.8 Å². The predicted octanol–water partition coefficient (Wildman–Crippen LogP) is 3.26. The van der Waals surface area contributed by atoms with Gasteiger partial charge in [0.1, 0.15) is 5.82 Å². The first kappa shape index (κ1) is 22.4. The lowest BCUT2D eigenvalue weighted by Crippen LogP contribution is -2.52. The SMILES string of the molecule is CNCC1CN(C(=O)c2ccc3c(S(C)=O)cn(-c4ncc(-c5ccccc5F)cn4)c3c2)C1. The molecule has 1 saturated heterocycles. The number of carbonyl (C=O) groups excluding carboxylic acids is 1. The van der Waals surface area contributed by atoms with E-state index in [1.165, 1.54) is 6.07 Å². The molecule has 0 saturated carbocycles. The normalized spacial score (nSPS) is 14.9. The third-order valence-corrected chi connectivity index (χ3v) is 7.05. The van der Waals surface area contributed by atoms with Gasteiger partial charge in [0.2, 0.25) is 5.95 Å². The topological polar surface area (TPSA) is 80.1 Å². The highest BCUT2D eigenvalue weighted by molar-refractivity contribution is 7.84. The number of nitrogens with one attached hydrogen (secondary N) is 1. The van der Waals surface area contributed by atoms with E-state index in [1.807, 2.05) is 18.0 Å². The molecule has 0 aliphatic carbocycles. The van der Waals surface area contributed by atoms with E-state index in [4.69, 9.17) is 0 Å². The summed E-state index contributed by atoms with van der Waals surface area (Å²) in [4.78, 5) is 24.4. The first-order valence-electron chi connectivity index (χ1n) is 11.0. The van der Waals surface area contributed by atoms with Crippen molar-refractivity contribution in [2.24, 2.45) is 5.92 Å². The van der Waals surface area contributed by atoms with Gasteiger partial charge in [0.15, 0.2) is 0 Å². The first-order chi connectivity index (χ1) is 16.5. The van der Waals surface area contributed by atoms with Crippen LogP contribution in [0.2, 0.25) is 0 Å². The van der Waals surface area contributed by atoms with Gasteiger partial charge in [-0.05, 0) is 25.2 Å². The van der Waals surface area contributed by atoms with Crippen LogP contribution in [0.5, 0.6) is 0 Å². The number of fused-ring (bicyclic) bond motifs is 1. The summed E-state index contributed by atoms with van der Waals surface area (Å²) in [5.41, 5.74) is 2.23. The molecule has 3 heterocycles. The van der Waals surface area contributed by atoms with Crippen LogP contribution in [0.25, 0.3) is 28.0 Å². The molecule has 5 rings (SSSR count). The van der Waals surface area contributed by atoms with Crippen molar-refractivity contribution in [3.63, 3.8) is 0 Å². The van der Waals surface area contributed by atoms with E-state index in [0.717, 1.165) is 25.0 Å². The summed E-state index contributed by atoms with van der Waals surface area (Å²) >= 11 is 0. The van der Waals surface area contributed by atoms with Gasteiger partial charge in [0.05, 0.1) is 21.2 Å². The molecule has 1 atom stereocenters. The molecular weight excluding hydrogens is 453 g/mol. The number of amides is 1. The number of rotatable bonds is 6. The van der Waals surface area contributed by atoms with Gasteiger partial charge in [-0.2, -0.15) is 0 Å². The molecule has 0 spiro atoms. The molecular formula is C25H24FN5O2S. The van der Waals surface area contributed by atoms with Gasteiger partial charge < -0.3 is 10.2 Å². The minimum atomic E-state index is -1.25. The molecule has 1 aliphatic heterocycles. The average Bonchev–Trinajstić information content (AvgIpc) is 3.20. The third kappa shape index (κ3) is 4.01. The fourth-order valence-electron chi connectivity index (χ4n) is 4.34. The molecule has 0 radical (unpaired) electrons. The maximum absolute atomic E-state index is 14.2. The van der Waals surface area contributed by atoms with Crippen molar-refractivity contribution in [3.05, 3.63) is 72.4 Å². The lowest BCUT2D eigenvalue weighted by molar-refractivity contribution is 0.0504. The second-order valence-corrected chi connectivity index (χ2v) is 9.78. The van der Waals surface area contributed by atoms with Crippen molar-refractivity contribution < 1.29 is 13.4 Å². The van der Waals surface area contributed by atoms with Crippen LogP contribution < -0.4 is 5.32 Å². The van der Waals surface area contributed by atoms with Gasteiger partial charge in [-0.15, -0.1) is 0 Å². The minimum absolute atomic E-state index is 0.0306. The van der Waals surface area contributed by atoms with E-state index in [0.29, 0.717) is 39.0 Å². The number of hydrogen-bond donors (Lipinski definition) is 1. The fourth-order valence-corrected chi connectivity index (χ4v) is 5.08. The minimum Gasteiger partial charge on any atom is -0.338 e. The van der Waals surface area contributed by atoms with E-state index in [9.17, 15) is 13.4 Å². The van der Waals surface area contributed by atoms with Crippen molar-refractivity contribution in [1.82, 2.24) is 24.8 Å². The Kier molecular flexibility index (Phi) is 5.97. The summed E-state index contributed by atoms with van der Waals surface area (Å²) in [5, 5.41) is 3.92. The summed E-state index contributed by atoms with van der Waals surface area (Å²) in [6, 6.07) is 11.9. The lowest BCUT2D eigenvalue weighted by Gasteiger charge is -2.39. The quantitative estimate of drug-likeness (QED) is 0.461. The van der Waals surface area contributed by atoms with Crippen LogP contribution in [-0.4, -0.2) is 62.5 Å². The maximum Gasteiger partial charge on any atom is 0.253 e. The van der Waals surface area contributed by atoms with Gasteiger partial charge >= 0.3 is 0 Å². The zero-order valence-electron chi connectivity index (χ0n) is 18.9. The van der Waals surface area contributed by atoms with E-state index >= 15 is 0 Å². The molecule has 1 aliphatic rings. The standard InChI is InChI=1S/C25H24FN5O2S/c1-27-10-16-13-30(14-16)24(32)17-7-8-20-22(9-17)31(15-23(20)34(2)33)25-28-11-18(12-29-25)19-5-3-4-6-21(19)26/h3-9,11-12,15-16,27H,10,13-14H2,1-2H3. The zero-order chi connectivity index (χ0) is 23.8. The summed E-state index contributed by atoms with van der Waals surface area (Å²) in [5.74, 6) is 0.443. The Morgan fingerprint density at radius 1 is 1.18 bits per heavy atom. The van der Waals surface area contributed by atoms with Gasteiger partial charge in [0, 0.05) is 72.5 Å². The van der Waals surface area contributed by atoms with Crippen LogP contribution in [0.3, 0.4) is 0 Å². The summed E-state index contributed by atoms with van der Waals surface area (Å²) in [7, 11) is 0.664. The molecule has 4 aromatic rings. The Morgan fingerprint density at radius 3 is 2.59 bits per heavy atom. The molecule has 1 amide bonds. The monoisotopic (exact) mass is 477 g/mol. The number of carbonyl (C=O) groups is 1. The highest BCUT2D eigenvalue weighted by Crippen LogP contribution is 2.29. The van der Waals surface area contributed by atoms with Crippen LogP contribution in [0.1, 0.15) is 10.4 Å².